The van der Waals surface area contributed by atoms with E-state index in [1.165, 1.54) is 0 Å². The van der Waals surface area contributed by atoms with Crippen molar-refractivity contribution in [2.45, 2.75) is 69.1 Å². The second-order valence-electron chi connectivity index (χ2n) is 10.8. The lowest BCUT2D eigenvalue weighted by atomic mass is 9.75. The van der Waals surface area contributed by atoms with Gasteiger partial charge in [0.15, 0.2) is 0 Å². The molecule has 0 radical (unpaired) electrons. The maximum absolute atomic E-state index is 13.1. The summed E-state index contributed by atoms with van der Waals surface area (Å²) < 4.78 is 33.0. The maximum Gasteiger partial charge on any atom is 0.243 e. The molecule has 1 aliphatic heterocycles. The third-order valence-corrected chi connectivity index (χ3v) is 10.5. The number of carbonyl (C=O) groups is 1. The predicted octanol–water partition coefficient (Wildman–Crippen LogP) is 6.25. The maximum atomic E-state index is 13.1. The predicted molar refractivity (Wildman–Crippen MR) is 139 cm³/mol. The number of nitrogens with zero attached hydrogens (tertiary/aromatic N) is 1. The summed E-state index contributed by atoms with van der Waals surface area (Å²) in [5, 5.41) is 0.677. The molecule has 1 aliphatic carbocycles. The summed E-state index contributed by atoms with van der Waals surface area (Å²) >= 11 is 6.01. The Bertz CT molecular complexity index is 1130. The van der Waals surface area contributed by atoms with Gasteiger partial charge >= 0.3 is 0 Å². The molecule has 0 aromatic heterocycles. The Morgan fingerprint density at radius 2 is 1.69 bits per heavy atom. The average molecular weight is 518 g/mol. The largest absolute Gasteiger partial charge is 0.497 e. The Labute approximate surface area is 214 Å². The van der Waals surface area contributed by atoms with Gasteiger partial charge in [-0.1, -0.05) is 23.7 Å². The minimum Gasteiger partial charge on any atom is -0.497 e. The summed E-state index contributed by atoms with van der Waals surface area (Å²) in [5.74, 6) is 1.44. The molecule has 4 rings (SSSR count). The summed E-state index contributed by atoms with van der Waals surface area (Å²) in [7, 11) is -1.92. The molecule has 0 N–H and O–H groups in total. The second-order valence-corrected chi connectivity index (χ2v) is 13.2. The van der Waals surface area contributed by atoms with Gasteiger partial charge in [-0.15, -0.1) is 0 Å². The topological polar surface area (TPSA) is 63.7 Å². The molecule has 5 nitrogen and oxygen atoms in total. The highest BCUT2D eigenvalue weighted by atomic mass is 35.5. The number of carbonyl (C=O) groups excluding carboxylic acids is 1. The number of Topliss-reactive ketones (excluding diaryl/α,β-unsaturated/α-hetero) is 1. The highest BCUT2D eigenvalue weighted by molar-refractivity contribution is 7.89. The fraction of sp³-hybridized carbons (Fsp3) is 0.536. The monoisotopic (exact) mass is 517 g/mol. The van der Waals surface area contributed by atoms with E-state index in [1.54, 1.807) is 35.7 Å². The zero-order chi connectivity index (χ0) is 25.3. The molecular weight excluding hydrogens is 482 g/mol. The van der Waals surface area contributed by atoms with Crippen molar-refractivity contribution in [3.63, 3.8) is 0 Å². The summed E-state index contributed by atoms with van der Waals surface area (Å²) in [4.78, 5) is 13.4. The van der Waals surface area contributed by atoms with Crippen LogP contribution in [0.1, 0.15) is 64.4 Å². The van der Waals surface area contributed by atoms with E-state index in [2.05, 4.69) is 0 Å². The van der Waals surface area contributed by atoms with Crippen molar-refractivity contribution in [2.75, 3.05) is 20.2 Å². The van der Waals surface area contributed by atoms with Gasteiger partial charge in [-0.3, -0.25) is 4.79 Å². The smallest absolute Gasteiger partial charge is 0.243 e. The van der Waals surface area contributed by atoms with Crippen LogP contribution in [0.25, 0.3) is 0 Å². The zero-order valence-corrected chi connectivity index (χ0v) is 22.5. The van der Waals surface area contributed by atoms with Crippen molar-refractivity contribution in [3.05, 3.63) is 59.1 Å². The van der Waals surface area contributed by atoms with Gasteiger partial charge in [-0.2, -0.15) is 4.31 Å². The lowest BCUT2D eigenvalue weighted by molar-refractivity contribution is -0.123. The highest BCUT2D eigenvalue weighted by Crippen LogP contribution is 2.50. The molecule has 1 saturated carbocycles. The van der Waals surface area contributed by atoms with Gasteiger partial charge in [0.25, 0.3) is 0 Å². The van der Waals surface area contributed by atoms with Crippen LogP contribution in [0, 0.1) is 11.3 Å². The number of sulfonamides is 1. The molecular formula is C28H36ClNO4S. The lowest BCUT2D eigenvalue weighted by Crippen LogP contribution is -2.42. The molecule has 2 aliphatic rings. The Morgan fingerprint density at radius 3 is 2.29 bits per heavy atom. The van der Waals surface area contributed by atoms with E-state index >= 15 is 0 Å². The molecule has 35 heavy (non-hydrogen) atoms. The second kappa shape index (κ2) is 10.2. The van der Waals surface area contributed by atoms with Crippen LogP contribution in [-0.4, -0.2) is 38.7 Å². The van der Waals surface area contributed by atoms with E-state index < -0.39 is 15.4 Å². The number of piperidine rings is 1. The Kier molecular flexibility index (Phi) is 7.65. The van der Waals surface area contributed by atoms with E-state index in [0.29, 0.717) is 41.1 Å². The minimum atomic E-state index is -3.49. The molecule has 1 atom stereocenters. The first kappa shape index (κ1) is 26.2. The standard InChI is InChI=1S/C28H36ClNO4S/c1-27(2,22-5-7-23(29)8-6-22)26(31)13-4-21-14-15-28(20-21)16-18-30(19-17-28)35(32,33)25-11-9-24(34-3)10-12-25/h5-12,21H,4,13-20H2,1-3H3. The first-order chi connectivity index (χ1) is 16.6. The molecule has 0 bridgehead atoms. The van der Waals surface area contributed by atoms with E-state index in [-0.39, 0.29) is 11.2 Å². The van der Waals surface area contributed by atoms with E-state index in [1.807, 2.05) is 38.1 Å². The van der Waals surface area contributed by atoms with Crippen LogP contribution in [0.15, 0.2) is 53.4 Å². The van der Waals surface area contributed by atoms with Crippen molar-refractivity contribution in [3.8, 4) is 5.75 Å². The fourth-order valence-electron chi connectivity index (χ4n) is 5.80. The quantitative estimate of drug-likeness (QED) is 0.415. The summed E-state index contributed by atoms with van der Waals surface area (Å²) in [6.07, 6.45) is 6.62. The first-order valence-electron chi connectivity index (χ1n) is 12.5. The molecule has 2 fully saturated rings. The van der Waals surface area contributed by atoms with Crippen molar-refractivity contribution >= 4 is 27.4 Å². The van der Waals surface area contributed by atoms with Crippen molar-refractivity contribution in [1.82, 2.24) is 4.31 Å². The third kappa shape index (κ3) is 5.60. The van der Waals surface area contributed by atoms with Gasteiger partial charge in [0, 0.05) is 29.9 Å². The summed E-state index contributed by atoms with van der Waals surface area (Å²) in [6.45, 7) is 5.11. The number of benzene rings is 2. The zero-order valence-electron chi connectivity index (χ0n) is 20.9. The SMILES string of the molecule is COc1ccc(S(=O)(=O)N2CCC3(CCC(CCC(=O)C(C)(C)c4ccc(Cl)cc4)C3)CC2)cc1. The number of halogens is 1. The van der Waals surface area contributed by atoms with Crippen LogP contribution in [0.3, 0.4) is 0 Å². The van der Waals surface area contributed by atoms with E-state index in [4.69, 9.17) is 16.3 Å². The van der Waals surface area contributed by atoms with Gasteiger partial charge in [0.1, 0.15) is 11.5 Å². The molecule has 1 heterocycles. The number of methoxy groups -OCH3 is 1. The van der Waals surface area contributed by atoms with Gasteiger partial charge in [-0.25, -0.2) is 8.42 Å². The minimum absolute atomic E-state index is 0.214. The summed E-state index contributed by atoms with van der Waals surface area (Å²) in [5.41, 5.74) is 0.688. The molecule has 7 heteroatoms. The van der Waals surface area contributed by atoms with Gasteiger partial charge in [0.05, 0.1) is 12.0 Å². The Balaban J connectivity index is 1.30. The van der Waals surface area contributed by atoms with Gasteiger partial charge in [-0.05, 0) is 106 Å². The van der Waals surface area contributed by atoms with Crippen LogP contribution in [0.2, 0.25) is 5.02 Å². The molecule has 2 aromatic carbocycles. The lowest BCUT2D eigenvalue weighted by Gasteiger charge is -2.39. The molecule has 190 valence electrons. The van der Waals surface area contributed by atoms with Crippen molar-refractivity contribution in [1.29, 1.82) is 0 Å². The molecule has 1 unspecified atom stereocenters. The number of hydrogen-bond donors (Lipinski definition) is 0. The number of ether oxygens (including phenoxy) is 1. The highest BCUT2D eigenvalue weighted by Gasteiger charge is 2.43. The molecule has 1 spiro atoms. The molecule has 1 saturated heterocycles. The Morgan fingerprint density at radius 1 is 1.06 bits per heavy atom. The number of hydrogen-bond acceptors (Lipinski definition) is 4. The molecule has 2 aromatic rings. The average Bonchev–Trinajstić information content (AvgIpc) is 3.25. The van der Waals surface area contributed by atoms with Crippen LogP contribution < -0.4 is 4.74 Å². The van der Waals surface area contributed by atoms with Crippen molar-refractivity contribution < 1.29 is 17.9 Å². The van der Waals surface area contributed by atoms with Gasteiger partial charge < -0.3 is 4.74 Å². The normalized spacial score (nSPS) is 20.7. The van der Waals surface area contributed by atoms with E-state index in [0.717, 1.165) is 44.1 Å². The van der Waals surface area contributed by atoms with Crippen LogP contribution in [0.4, 0.5) is 0 Å². The van der Waals surface area contributed by atoms with Crippen LogP contribution in [0.5, 0.6) is 5.75 Å². The summed E-state index contributed by atoms with van der Waals surface area (Å²) in [6, 6.07) is 14.2. The number of rotatable bonds is 8. The number of ketones is 1. The fourth-order valence-corrected chi connectivity index (χ4v) is 7.37. The van der Waals surface area contributed by atoms with Crippen LogP contribution in [-0.2, 0) is 20.2 Å². The van der Waals surface area contributed by atoms with Gasteiger partial charge in [0.2, 0.25) is 10.0 Å². The van der Waals surface area contributed by atoms with Crippen LogP contribution >= 0.6 is 11.6 Å². The van der Waals surface area contributed by atoms with E-state index in [9.17, 15) is 13.2 Å². The molecule has 0 amide bonds. The first-order valence-corrected chi connectivity index (χ1v) is 14.3. The Hall–Kier alpha value is -1.89. The third-order valence-electron chi connectivity index (χ3n) is 8.33. The van der Waals surface area contributed by atoms with Crippen molar-refractivity contribution in [2.24, 2.45) is 11.3 Å².